The van der Waals surface area contributed by atoms with Gasteiger partial charge in [-0.05, 0) is 25.7 Å². The van der Waals surface area contributed by atoms with E-state index in [1.807, 2.05) is 0 Å². The van der Waals surface area contributed by atoms with E-state index in [2.05, 4.69) is 27.9 Å². The van der Waals surface area contributed by atoms with E-state index in [9.17, 15) is 4.79 Å². The normalized spacial score (nSPS) is 21.9. The fourth-order valence-electron chi connectivity index (χ4n) is 2.01. The first-order valence-corrected chi connectivity index (χ1v) is 6.17. The maximum absolute atomic E-state index is 11.9. The minimum absolute atomic E-state index is 0.108. The molecule has 3 rings (SSSR count). The molecule has 1 aromatic rings. The Balaban J connectivity index is 1.62. The van der Waals surface area contributed by atoms with Gasteiger partial charge < -0.3 is 10.6 Å². The predicted molar refractivity (Wildman–Crippen MR) is 61.6 cm³/mol. The van der Waals surface area contributed by atoms with Crippen molar-refractivity contribution in [3.63, 3.8) is 0 Å². The zero-order chi connectivity index (χ0) is 11.8. The molecule has 0 radical (unpaired) electrons. The highest BCUT2D eigenvalue weighted by atomic mass is 16.2. The topological polar surface area (TPSA) is 71.8 Å². The van der Waals surface area contributed by atoms with Gasteiger partial charge in [-0.2, -0.15) is 0 Å². The van der Waals surface area contributed by atoms with Crippen molar-refractivity contribution in [2.45, 2.75) is 31.8 Å². The van der Waals surface area contributed by atoms with Crippen LogP contribution in [0, 0.1) is 5.92 Å². The largest absolute Gasteiger partial charge is 0.348 e. The van der Waals surface area contributed by atoms with E-state index in [1.165, 1.54) is 12.8 Å². The summed E-state index contributed by atoms with van der Waals surface area (Å²) in [5, 5.41) is 14.1. The third-order valence-electron chi connectivity index (χ3n) is 3.56. The summed E-state index contributed by atoms with van der Waals surface area (Å²) < 4.78 is 1.77. The minimum atomic E-state index is -0.108. The number of hydrogen-bond donors (Lipinski definition) is 2. The fraction of sp³-hybridized carbons (Fsp3) is 0.727. The quantitative estimate of drug-likeness (QED) is 0.767. The van der Waals surface area contributed by atoms with Crippen LogP contribution < -0.4 is 10.6 Å². The molecule has 1 unspecified atom stereocenters. The van der Waals surface area contributed by atoms with Gasteiger partial charge in [0, 0.05) is 19.1 Å². The number of amides is 1. The number of carbonyl (C=O) groups excluding carboxylic acids is 1. The zero-order valence-corrected chi connectivity index (χ0v) is 9.89. The van der Waals surface area contributed by atoms with Gasteiger partial charge in [0.25, 0.3) is 5.91 Å². The molecule has 1 aliphatic carbocycles. The Morgan fingerprint density at radius 2 is 2.35 bits per heavy atom. The molecule has 2 heterocycles. The van der Waals surface area contributed by atoms with Crippen LogP contribution in [0.5, 0.6) is 0 Å². The first-order chi connectivity index (χ1) is 8.24. The highest BCUT2D eigenvalue weighted by Gasteiger charge is 2.30. The second kappa shape index (κ2) is 4.10. The number of hydrogen-bond acceptors (Lipinski definition) is 4. The van der Waals surface area contributed by atoms with Gasteiger partial charge in [0.1, 0.15) is 0 Å². The van der Waals surface area contributed by atoms with E-state index in [4.69, 9.17) is 0 Å². The highest BCUT2D eigenvalue weighted by Crippen LogP contribution is 2.32. The molecule has 6 heteroatoms. The standard InChI is InChI=1S/C11H17N5O/c1-7(8-2-3-8)13-11(17)10-6-16(15-14-10)9-4-12-5-9/h6-9,12H,2-5H2,1H3,(H,13,17). The van der Waals surface area contributed by atoms with Crippen LogP contribution >= 0.6 is 0 Å². The Labute approximate surface area is 99.8 Å². The molecule has 1 amide bonds. The molecule has 1 atom stereocenters. The van der Waals surface area contributed by atoms with E-state index >= 15 is 0 Å². The minimum Gasteiger partial charge on any atom is -0.348 e. The molecule has 0 spiro atoms. The van der Waals surface area contributed by atoms with Crippen LogP contribution in [-0.4, -0.2) is 40.0 Å². The Kier molecular flexibility index (Phi) is 2.58. The summed E-state index contributed by atoms with van der Waals surface area (Å²) in [6, 6.07) is 0.600. The molecule has 2 fully saturated rings. The van der Waals surface area contributed by atoms with Crippen molar-refractivity contribution in [1.29, 1.82) is 0 Å². The van der Waals surface area contributed by atoms with Crippen molar-refractivity contribution in [3.8, 4) is 0 Å². The smallest absolute Gasteiger partial charge is 0.273 e. The maximum atomic E-state index is 11.9. The lowest BCUT2D eigenvalue weighted by Crippen LogP contribution is -2.43. The first kappa shape index (κ1) is 10.7. The van der Waals surface area contributed by atoms with Gasteiger partial charge in [-0.25, -0.2) is 4.68 Å². The van der Waals surface area contributed by atoms with E-state index in [1.54, 1.807) is 10.9 Å². The lowest BCUT2D eigenvalue weighted by Gasteiger charge is -2.26. The van der Waals surface area contributed by atoms with Crippen molar-refractivity contribution in [2.24, 2.45) is 5.92 Å². The van der Waals surface area contributed by atoms with Gasteiger partial charge in [-0.3, -0.25) is 4.79 Å². The average molecular weight is 235 g/mol. The van der Waals surface area contributed by atoms with Crippen molar-refractivity contribution in [3.05, 3.63) is 11.9 Å². The molecule has 1 aromatic heterocycles. The van der Waals surface area contributed by atoms with Crippen molar-refractivity contribution < 1.29 is 4.79 Å². The SMILES string of the molecule is CC(NC(=O)c1cn(C2CNC2)nn1)C1CC1. The molecule has 1 saturated carbocycles. The van der Waals surface area contributed by atoms with Crippen LogP contribution in [0.2, 0.25) is 0 Å². The monoisotopic (exact) mass is 235 g/mol. The molecule has 1 saturated heterocycles. The van der Waals surface area contributed by atoms with Crippen LogP contribution in [0.1, 0.15) is 36.3 Å². The van der Waals surface area contributed by atoms with E-state index in [0.29, 0.717) is 17.7 Å². The molecule has 0 aromatic carbocycles. The highest BCUT2D eigenvalue weighted by molar-refractivity contribution is 5.92. The Morgan fingerprint density at radius 3 is 2.94 bits per heavy atom. The van der Waals surface area contributed by atoms with Crippen LogP contribution in [0.3, 0.4) is 0 Å². The van der Waals surface area contributed by atoms with Crippen molar-refractivity contribution >= 4 is 5.91 Å². The molecule has 2 N–H and O–H groups in total. The van der Waals surface area contributed by atoms with Crippen molar-refractivity contribution in [1.82, 2.24) is 25.6 Å². The molecular formula is C11H17N5O. The van der Waals surface area contributed by atoms with Gasteiger partial charge in [-0.1, -0.05) is 5.21 Å². The summed E-state index contributed by atoms with van der Waals surface area (Å²) in [5.74, 6) is 0.549. The van der Waals surface area contributed by atoms with Gasteiger partial charge >= 0.3 is 0 Å². The van der Waals surface area contributed by atoms with Gasteiger partial charge in [0.2, 0.25) is 0 Å². The third-order valence-corrected chi connectivity index (χ3v) is 3.56. The lowest BCUT2D eigenvalue weighted by atomic mass is 10.2. The fourth-order valence-corrected chi connectivity index (χ4v) is 2.01. The average Bonchev–Trinajstić information content (AvgIpc) is 2.97. The van der Waals surface area contributed by atoms with Crippen molar-refractivity contribution in [2.75, 3.05) is 13.1 Å². The van der Waals surface area contributed by atoms with Crippen LogP contribution in [0.15, 0.2) is 6.20 Å². The predicted octanol–water partition coefficient (Wildman–Crippen LogP) is -0.0493. The second-order valence-electron chi connectivity index (χ2n) is 5.00. The Hall–Kier alpha value is -1.43. The number of carbonyl (C=O) groups is 1. The summed E-state index contributed by atoms with van der Waals surface area (Å²) in [6.45, 7) is 3.86. The van der Waals surface area contributed by atoms with Crippen LogP contribution in [0.4, 0.5) is 0 Å². The first-order valence-electron chi connectivity index (χ1n) is 6.17. The molecule has 6 nitrogen and oxygen atoms in total. The summed E-state index contributed by atoms with van der Waals surface area (Å²) in [6.07, 6.45) is 4.18. The number of nitrogens with zero attached hydrogens (tertiary/aromatic N) is 3. The molecule has 2 aliphatic rings. The summed E-state index contributed by atoms with van der Waals surface area (Å²) in [5.41, 5.74) is 0.421. The Morgan fingerprint density at radius 1 is 1.59 bits per heavy atom. The third kappa shape index (κ3) is 2.17. The van der Waals surface area contributed by atoms with E-state index < -0.39 is 0 Å². The van der Waals surface area contributed by atoms with Gasteiger partial charge in [-0.15, -0.1) is 5.10 Å². The summed E-state index contributed by atoms with van der Waals surface area (Å²) in [4.78, 5) is 11.9. The maximum Gasteiger partial charge on any atom is 0.273 e. The Bertz CT molecular complexity index is 421. The summed E-state index contributed by atoms with van der Waals surface area (Å²) in [7, 11) is 0. The molecule has 0 bridgehead atoms. The number of rotatable bonds is 4. The molecule has 1 aliphatic heterocycles. The van der Waals surface area contributed by atoms with Crippen LogP contribution in [-0.2, 0) is 0 Å². The van der Waals surface area contributed by atoms with Gasteiger partial charge in [0.15, 0.2) is 5.69 Å². The zero-order valence-electron chi connectivity index (χ0n) is 9.89. The molecule has 17 heavy (non-hydrogen) atoms. The van der Waals surface area contributed by atoms with Gasteiger partial charge in [0.05, 0.1) is 12.2 Å². The van der Waals surface area contributed by atoms with E-state index in [-0.39, 0.29) is 11.9 Å². The van der Waals surface area contributed by atoms with E-state index in [0.717, 1.165) is 13.1 Å². The second-order valence-corrected chi connectivity index (χ2v) is 5.00. The molecule has 92 valence electrons. The number of aromatic nitrogens is 3. The summed E-state index contributed by atoms with van der Waals surface area (Å²) >= 11 is 0. The molecular weight excluding hydrogens is 218 g/mol. The lowest BCUT2D eigenvalue weighted by molar-refractivity contribution is 0.0930. The van der Waals surface area contributed by atoms with Crippen LogP contribution in [0.25, 0.3) is 0 Å². The number of nitrogens with one attached hydrogen (secondary N) is 2.